The van der Waals surface area contributed by atoms with Crippen LogP contribution in [0.25, 0.3) is 0 Å². The molecule has 1 N–H and O–H groups in total. The Kier molecular flexibility index (Phi) is 5.37. The number of aromatic hydroxyl groups is 1. The first-order chi connectivity index (χ1) is 12.0. The molecule has 0 heterocycles. The fraction of sp³-hybridized carbons (Fsp3) is 0.0500. The Bertz CT molecular complexity index is 923. The highest BCUT2D eigenvalue weighted by Gasteiger charge is 2.09. The molecule has 25 heavy (non-hydrogen) atoms. The van der Waals surface area contributed by atoms with Gasteiger partial charge in [-0.05, 0) is 60.0 Å². The fourth-order valence-electron chi connectivity index (χ4n) is 2.41. The van der Waals surface area contributed by atoms with Crippen molar-refractivity contribution >= 4 is 35.1 Å². The summed E-state index contributed by atoms with van der Waals surface area (Å²) in [6.45, 7) is 0. The van der Waals surface area contributed by atoms with E-state index < -0.39 is 0 Å². The summed E-state index contributed by atoms with van der Waals surface area (Å²) in [6.07, 6.45) is 2.08. The largest absolute Gasteiger partial charge is 0.506 e. The van der Waals surface area contributed by atoms with Gasteiger partial charge in [0, 0.05) is 16.8 Å². The number of hydrogen-bond acceptors (Lipinski definition) is 2. The zero-order chi connectivity index (χ0) is 17.8. The zero-order valence-corrected chi connectivity index (χ0v) is 14.6. The molecule has 0 spiro atoms. The molecule has 3 aromatic carbocycles. The summed E-state index contributed by atoms with van der Waals surface area (Å²) < 4.78 is 12.9. The molecule has 0 saturated carbocycles. The van der Waals surface area contributed by atoms with E-state index in [1.807, 2.05) is 24.3 Å². The lowest BCUT2D eigenvalue weighted by Gasteiger charge is -2.08. The Hall–Kier alpha value is -2.36. The predicted molar refractivity (Wildman–Crippen MR) is 101 cm³/mol. The maximum absolute atomic E-state index is 12.9. The Morgan fingerprint density at radius 1 is 0.960 bits per heavy atom. The average Bonchev–Trinajstić information content (AvgIpc) is 2.60. The molecule has 0 bridgehead atoms. The third-order valence-corrected chi connectivity index (χ3v) is 4.34. The second-order valence-corrected chi connectivity index (χ2v) is 6.33. The van der Waals surface area contributed by atoms with Crippen LogP contribution in [0.2, 0.25) is 10.0 Å². The van der Waals surface area contributed by atoms with Crippen molar-refractivity contribution in [1.29, 1.82) is 0 Å². The minimum atomic E-state index is -0.327. The summed E-state index contributed by atoms with van der Waals surface area (Å²) in [4.78, 5) is 4.25. The van der Waals surface area contributed by atoms with Crippen LogP contribution in [-0.4, -0.2) is 11.3 Å². The van der Waals surface area contributed by atoms with Gasteiger partial charge in [0.25, 0.3) is 0 Å². The molecule has 0 fully saturated rings. The third-order valence-electron chi connectivity index (χ3n) is 3.68. The van der Waals surface area contributed by atoms with Crippen molar-refractivity contribution in [3.8, 4) is 5.75 Å². The van der Waals surface area contributed by atoms with Gasteiger partial charge in [-0.15, -0.1) is 0 Å². The SMILES string of the molecule is Oc1c(Cl)cc(Cc2ccccc2Cl)cc1C=Nc1ccc(F)cc1. The van der Waals surface area contributed by atoms with E-state index in [1.165, 1.54) is 18.3 Å². The Balaban J connectivity index is 1.90. The minimum absolute atomic E-state index is 0.0459. The van der Waals surface area contributed by atoms with E-state index in [9.17, 15) is 9.50 Å². The van der Waals surface area contributed by atoms with Crippen molar-refractivity contribution in [3.63, 3.8) is 0 Å². The van der Waals surface area contributed by atoms with Crippen molar-refractivity contribution in [2.45, 2.75) is 6.42 Å². The number of halogens is 3. The number of nitrogens with zero attached hydrogens (tertiary/aromatic N) is 1. The molecule has 3 rings (SSSR count). The number of hydrogen-bond donors (Lipinski definition) is 1. The maximum Gasteiger partial charge on any atom is 0.142 e. The van der Waals surface area contributed by atoms with Gasteiger partial charge in [0.1, 0.15) is 11.6 Å². The average molecular weight is 374 g/mol. The highest BCUT2D eigenvalue weighted by molar-refractivity contribution is 6.32. The second-order valence-electron chi connectivity index (χ2n) is 5.52. The molecule has 0 atom stereocenters. The van der Waals surface area contributed by atoms with Crippen LogP contribution in [0.1, 0.15) is 16.7 Å². The zero-order valence-electron chi connectivity index (χ0n) is 13.1. The van der Waals surface area contributed by atoms with Crippen LogP contribution in [0.5, 0.6) is 5.75 Å². The summed E-state index contributed by atoms with van der Waals surface area (Å²) in [6, 6.07) is 16.8. The molecular weight excluding hydrogens is 360 g/mol. The number of rotatable bonds is 4. The van der Waals surface area contributed by atoms with Crippen LogP contribution in [0.4, 0.5) is 10.1 Å². The topological polar surface area (TPSA) is 32.6 Å². The van der Waals surface area contributed by atoms with Crippen molar-refractivity contribution in [3.05, 3.63) is 93.2 Å². The van der Waals surface area contributed by atoms with Crippen molar-refractivity contribution in [2.75, 3.05) is 0 Å². The van der Waals surface area contributed by atoms with Crippen LogP contribution < -0.4 is 0 Å². The van der Waals surface area contributed by atoms with Gasteiger partial charge >= 0.3 is 0 Å². The van der Waals surface area contributed by atoms with Gasteiger partial charge < -0.3 is 5.11 Å². The number of benzene rings is 3. The predicted octanol–water partition coefficient (Wildman–Crippen LogP) is 6.18. The first-order valence-corrected chi connectivity index (χ1v) is 8.33. The van der Waals surface area contributed by atoms with E-state index >= 15 is 0 Å². The van der Waals surface area contributed by atoms with Crippen LogP contribution in [-0.2, 0) is 6.42 Å². The van der Waals surface area contributed by atoms with E-state index in [0.29, 0.717) is 22.7 Å². The molecule has 5 heteroatoms. The summed E-state index contributed by atoms with van der Waals surface area (Å²) in [5.74, 6) is -0.373. The van der Waals surface area contributed by atoms with Crippen molar-refractivity contribution < 1.29 is 9.50 Å². The van der Waals surface area contributed by atoms with Crippen molar-refractivity contribution in [2.24, 2.45) is 4.99 Å². The molecule has 0 aliphatic heterocycles. The monoisotopic (exact) mass is 373 g/mol. The van der Waals surface area contributed by atoms with E-state index in [-0.39, 0.29) is 16.6 Å². The minimum Gasteiger partial charge on any atom is -0.506 e. The van der Waals surface area contributed by atoms with E-state index in [0.717, 1.165) is 11.1 Å². The number of aliphatic imine (C=N–C) groups is 1. The highest BCUT2D eigenvalue weighted by atomic mass is 35.5. The summed E-state index contributed by atoms with van der Waals surface area (Å²) >= 11 is 12.3. The van der Waals surface area contributed by atoms with Gasteiger partial charge in [0.05, 0.1) is 10.7 Å². The Labute approximate surface area is 155 Å². The molecule has 0 saturated heterocycles. The summed E-state index contributed by atoms with van der Waals surface area (Å²) in [7, 11) is 0. The molecule has 3 aromatic rings. The molecule has 0 amide bonds. The highest BCUT2D eigenvalue weighted by Crippen LogP contribution is 2.30. The maximum atomic E-state index is 12.9. The smallest absolute Gasteiger partial charge is 0.142 e. The normalized spacial score (nSPS) is 11.2. The van der Waals surface area contributed by atoms with E-state index in [1.54, 1.807) is 24.3 Å². The van der Waals surface area contributed by atoms with Gasteiger partial charge in [-0.3, -0.25) is 4.99 Å². The fourth-order valence-corrected chi connectivity index (χ4v) is 2.86. The number of phenols is 1. The van der Waals surface area contributed by atoms with Crippen LogP contribution in [0.15, 0.2) is 65.7 Å². The standard InChI is InChI=1S/C20H14Cl2FNO/c21-18-4-2-1-3-14(18)9-13-10-15(20(25)19(22)11-13)12-24-17-7-5-16(23)6-8-17/h1-8,10-12,25H,9H2. The van der Waals surface area contributed by atoms with Crippen LogP contribution >= 0.6 is 23.2 Å². The quantitative estimate of drug-likeness (QED) is 0.544. The molecule has 2 nitrogen and oxygen atoms in total. The van der Waals surface area contributed by atoms with Crippen LogP contribution in [0.3, 0.4) is 0 Å². The molecule has 0 radical (unpaired) electrons. The molecule has 0 unspecified atom stereocenters. The first kappa shape index (κ1) is 17.5. The molecule has 126 valence electrons. The molecule has 0 aliphatic rings. The summed E-state index contributed by atoms with van der Waals surface area (Å²) in [5.41, 5.74) is 2.93. The van der Waals surface area contributed by atoms with E-state index in [2.05, 4.69) is 4.99 Å². The van der Waals surface area contributed by atoms with Gasteiger partial charge in [0.2, 0.25) is 0 Å². The lowest BCUT2D eigenvalue weighted by Crippen LogP contribution is -1.93. The molecule has 0 aromatic heterocycles. The van der Waals surface area contributed by atoms with E-state index in [4.69, 9.17) is 23.2 Å². The Morgan fingerprint density at radius 3 is 2.40 bits per heavy atom. The lowest BCUT2D eigenvalue weighted by atomic mass is 10.0. The Morgan fingerprint density at radius 2 is 1.68 bits per heavy atom. The molecular formula is C20H14Cl2FNO. The van der Waals surface area contributed by atoms with Crippen molar-refractivity contribution in [1.82, 2.24) is 0 Å². The number of phenolic OH excluding ortho intramolecular Hbond substituents is 1. The summed E-state index contributed by atoms with van der Waals surface area (Å²) in [5, 5.41) is 11.1. The molecule has 0 aliphatic carbocycles. The van der Waals surface area contributed by atoms with Crippen LogP contribution in [0, 0.1) is 5.82 Å². The van der Waals surface area contributed by atoms with Gasteiger partial charge in [0.15, 0.2) is 0 Å². The first-order valence-electron chi connectivity index (χ1n) is 7.57. The van der Waals surface area contributed by atoms with Gasteiger partial charge in [-0.2, -0.15) is 0 Å². The lowest BCUT2D eigenvalue weighted by molar-refractivity contribution is 0.474. The van der Waals surface area contributed by atoms with Gasteiger partial charge in [-0.25, -0.2) is 4.39 Å². The van der Waals surface area contributed by atoms with Gasteiger partial charge in [-0.1, -0.05) is 41.4 Å². The third kappa shape index (κ3) is 4.38. The second kappa shape index (κ2) is 7.68.